The summed E-state index contributed by atoms with van der Waals surface area (Å²) >= 11 is 0. The van der Waals surface area contributed by atoms with Crippen molar-refractivity contribution in [2.45, 2.75) is 33.1 Å². The van der Waals surface area contributed by atoms with Gasteiger partial charge in [-0.15, -0.1) is 0 Å². The lowest BCUT2D eigenvalue weighted by Gasteiger charge is -2.34. The van der Waals surface area contributed by atoms with E-state index in [2.05, 4.69) is 0 Å². The van der Waals surface area contributed by atoms with Crippen LogP contribution in [-0.4, -0.2) is 58.9 Å². The van der Waals surface area contributed by atoms with Gasteiger partial charge in [-0.05, 0) is 38.3 Å². The number of rotatable bonds is 6. The smallest absolute Gasteiger partial charge is 0.323 e. The molecular formula is C19H26N2O4. The number of carbonyl (C=O) groups excluding carboxylic acids is 2. The maximum Gasteiger partial charge on any atom is 0.323 e. The van der Waals surface area contributed by atoms with Gasteiger partial charge in [-0.25, -0.2) is 0 Å². The van der Waals surface area contributed by atoms with Gasteiger partial charge in [0.05, 0.1) is 5.92 Å². The molecule has 1 atom stereocenters. The molecule has 1 saturated heterocycles. The maximum absolute atomic E-state index is 12.7. The molecule has 0 saturated carbocycles. The first-order chi connectivity index (χ1) is 11.9. The molecule has 1 unspecified atom stereocenters. The normalized spacial score (nSPS) is 17.2. The van der Waals surface area contributed by atoms with E-state index in [0.717, 1.165) is 12.0 Å². The van der Waals surface area contributed by atoms with Crippen LogP contribution in [0.3, 0.4) is 0 Å². The van der Waals surface area contributed by atoms with Crippen LogP contribution in [-0.2, 0) is 9.59 Å². The third-order valence-corrected chi connectivity index (χ3v) is 4.49. The van der Waals surface area contributed by atoms with Gasteiger partial charge in [0, 0.05) is 25.2 Å². The summed E-state index contributed by atoms with van der Waals surface area (Å²) in [6.07, 6.45) is 2.15. The summed E-state index contributed by atoms with van der Waals surface area (Å²) in [5.74, 6) is -1.57. The minimum atomic E-state index is -1.01. The Morgan fingerprint density at radius 2 is 1.92 bits per heavy atom. The molecule has 2 amide bonds. The second kappa shape index (κ2) is 8.65. The predicted octanol–water partition coefficient (Wildman–Crippen LogP) is 2.17. The van der Waals surface area contributed by atoms with Gasteiger partial charge in [-0.2, -0.15) is 0 Å². The van der Waals surface area contributed by atoms with Crippen LogP contribution >= 0.6 is 0 Å². The Bertz CT molecular complexity index is 627. The molecule has 136 valence electrons. The van der Waals surface area contributed by atoms with Crippen molar-refractivity contribution in [2.24, 2.45) is 5.92 Å². The number of carbonyl (C=O) groups is 3. The van der Waals surface area contributed by atoms with Crippen LogP contribution in [0.4, 0.5) is 0 Å². The molecule has 6 heteroatoms. The second-order valence-electron chi connectivity index (χ2n) is 6.61. The quantitative estimate of drug-likeness (QED) is 0.856. The van der Waals surface area contributed by atoms with E-state index in [4.69, 9.17) is 5.11 Å². The summed E-state index contributed by atoms with van der Waals surface area (Å²) < 4.78 is 0. The molecule has 1 aliphatic rings. The molecule has 2 rings (SSSR count). The lowest BCUT2D eigenvalue weighted by molar-refractivity contribution is -0.147. The zero-order chi connectivity index (χ0) is 18.4. The lowest BCUT2D eigenvalue weighted by Crippen LogP contribution is -2.48. The minimum absolute atomic E-state index is 0.0715. The van der Waals surface area contributed by atoms with Crippen LogP contribution in [0.1, 0.15) is 42.1 Å². The SMILES string of the molecule is CCCN(CC(=O)O)C(=O)C1CCCN(C(=O)c2ccc(C)cc2)C1. The zero-order valence-electron chi connectivity index (χ0n) is 14.9. The summed E-state index contributed by atoms with van der Waals surface area (Å²) in [6, 6.07) is 7.40. The Balaban J connectivity index is 2.05. The van der Waals surface area contributed by atoms with Crippen LogP contribution in [0, 0.1) is 12.8 Å². The molecule has 0 spiro atoms. The first-order valence-corrected chi connectivity index (χ1v) is 8.79. The molecule has 25 heavy (non-hydrogen) atoms. The van der Waals surface area contributed by atoms with Crippen molar-refractivity contribution in [1.29, 1.82) is 0 Å². The minimum Gasteiger partial charge on any atom is -0.480 e. The largest absolute Gasteiger partial charge is 0.480 e. The van der Waals surface area contributed by atoms with Crippen LogP contribution < -0.4 is 0 Å². The monoisotopic (exact) mass is 346 g/mol. The van der Waals surface area contributed by atoms with Gasteiger partial charge < -0.3 is 14.9 Å². The highest BCUT2D eigenvalue weighted by Crippen LogP contribution is 2.21. The number of aliphatic carboxylic acids is 1. The molecule has 0 radical (unpaired) electrons. The molecule has 1 heterocycles. The standard InChI is InChI=1S/C19H26N2O4/c1-3-10-20(13-17(22)23)19(25)16-5-4-11-21(12-16)18(24)15-8-6-14(2)7-9-15/h6-9,16H,3-5,10-13H2,1-2H3,(H,22,23). The number of carboxylic acid groups (broad SMARTS) is 1. The van der Waals surface area contributed by atoms with Crippen LogP contribution in [0.15, 0.2) is 24.3 Å². The molecule has 1 aromatic rings. The molecule has 1 aromatic carbocycles. The number of hydrogen-bond donors (Lipinski definition) is 1. The third kappa shape index (κ3) is 5.05. The maximum atomic E-state index is 12.7. The Morgan fingerprint density at radius 1 is 1.24 bits per heavy atom. The van der Waals surface area contributed by atoms with Gasteiger partial charge in [0.2, 0.25) is 5.91 Å². The van der Waals surface area contributed by atoms with Crippen molar-refractivity contribution in [3.63, 3.8) is 0 Å². The van der Waals surface area contributed by atoms with Gasteiger partial charge in [0.1, 0.15) is 6.54 Å². The van der Waals surface area contributed by atoms with Gasteiger partial charge >= 0.3 is 5.97 Å². The number of hydrogen-bond acceptors (Lipinski definition) is 3. The first-order valence-electron chi connectivity index (χ1n) is 8.79. The summed E-state index contributed by atoms with van der Waals surface area (Å²) in [5, 5.41) is 9.01. The van der Waals surface area contributed by atoms with Crippen molar-refractivity contribution >= 4 is 17.8 Å². The fourth-order valence-electron chi connectivity index (χ4n) is 3.20. The molecule has 1 aliphatic heterocycles. The molecule has 1 fully saturated rings. The summed E-state index contributed by atoms with van der Waals surface area (Å²) in [4.78, 5) is 39.5. The molecule has 0 aromatic heterocycles. The highest BCUT2D eigenvalue weighted by Gasteiger charge is 2.32. The Hall–Kier alpha value is -2.37. The average molecular weight is 346 g/mol. The Morgan fingerprint density at radius 3 is 2.52 bits per heavy atom. The van der Waals surface area contributed by atoms with E-state index in [1.165, 1.54) is 4.90 Å². The van der Waals surface area contributed by atoms with Gasteiger partial charge in [-0.1, -0.05) is 24.6 Å². The summed E-state index contributed by atoms with van der Waals surface area (Å²) in [7, 11) is 0. The number of carboxylic acids is 1. The number of nitrogens with zero attached hydrogens (tertiary/aromatic N) is 2. The van der Waals surface area contributed by atoms with Crippen LogP contribution in [0.5, 0.6) is 0 Å². The number of benzene rings is 1. The van der Waals surface area contributed by atoms with Crippen molar-refractivity contribution in [3.8, 4) is 0 Å². The molecule has 1 N–H and O–H groups in total. The van der Waals surface area contributed by atoms with Crippen molar-refractivity contribution < 1.29 is 19.5 Å². The highest BCUT2D eigenvalue weighted by atomic mass is 16.4. The van der Waals surface area contributed by atoms with E-state index in [1.807, 2.05) is 26.0 Å². The number of aryl methyl sites for hydroxylation is 1. The lowest BCUT2D eigenvalue weighted by atomic mass is 9.95. The first kappa shape index (κ1) is 19.0. The molecule has 6 nitrogen and oxygen atoms in total. The van der Waals surface area contributed by atoms with E-state index in [-0.39, 0.29) is 24.3 Å². The van der Waals surface area contributed by atoms with Crippen LogP contribution in [0.2, 0.25) is 0 Å². The Kier molecular flexibility index (Phi) is 6.56. The van der Waals surface area contributed by atoms with Gasteiger partial charge in [0.25, 0.3) is 5.91 Å². The fourth-order valence-corrected chi connectivity index (χ4v) is 3.20. The third-order valence-electron chi connectivity index (χ3n) is 4.49. The van der Waals surface area contributed by atoms with E-state index in [1.54, 1.807) is 17.0 Å². The summed E-state index contributed by atoms with van der Waals surface area (Å²) in [5.41, 5.74) is 1.71. The molecule has 0 bridgehead atoms. The number of amides is 2. The predicted molar refractivity (Wildman–Crippen MR) is 94.3 cm³/mol. The Labute approximate surface area is 148 Å². The summed E-state index contributed by atoms with van der Waals surface area (Å²) in [6.45, 7) is 5.00. The van der Waals surface area contributed by atoms with Crippen molar-refractivity contribution in [3.05, 3.63) is 35.4 Å². The molecular weight excluding hydrogens is 320 g/mol. The van der Waals surface area contributed by atoms with E-state index in [9.17, 15) is 14.4 Å². The highest BCUT2D eigenvalue weighted by molar-refractivity contribution is 5.94. The van der Waals surface area contributed by atoms with Crippen molar-refractivity contribution in [1.82, 2.24) is 9.80 Å². The van der Waals surface area contributed by atoms with Gasteiger partial charge in [-0.3, -0.25) is 14.4 Å². The van der Waals surface area contributed by atoms with Crippen molar-refractivity contribution in [2.75, 3.05) is 26.2 Å². The topological polar surface area (TPSA) is 77.9 Å². The number of likely N-dealkylation sites (tertiary alicyclic amines) is 1. The van der Waals surface area contributed by atoms with E-state index in [0.29, 0.717) is 38.0 Å². The van der Waals surface area contributed by atoms with Gasteiger partial charge in [0.15, 0.2) is 0 Å². The number of piperidine rings is 1. The average Bonchev–Trinajstić information content (AvgIpc) is 2.60. The van der Waals surface area contributed by atoms with Crippen LogP contribution in [0.25, 0.3) is 0 Å². The second-order valence-corrected chi connectivity index (χ2v) is 6.61. The fraction of sp³-hybridized carbons (Fsp3) is 0.526. The van der Waals surface area contributed by atoms with E-state index >= 15 is 0 Å². The zero-order valence-corrected chi connectivity index (χ0v) is 14.9. The molecule has 0 aliphatic carbocycles. The van der Waals surface area contributed by atoms with E-state index < -0.39 is 5.97 Å².